The average Bonchev–Trinajstić information content (AvgIpc) is 2.77. The second-order valence-corrected chi connectivity index (χ2v) is 4.52. The van der Waals surface area contributed by atoms with E-state index >= 15 is 0 Å². The van der Waals surface area contributed by atoms with Crippen molar-refractivity contribution >= 4 is 22.8 Å². The van der Waals surface area contributed by atoms with E-state index in [2.05, 4.69) is 10.3 Å². The molecule has 1 aromatic carbocycles. The number of anilines is 2. The van der Waals surface area contributed by atoms with Gasteiger partial charge in [-0.05, 0) is 25.0 Å². The standard InChI is InChI=1S/C13H19N3O2/c1-3-13(4-2,8-17)16-12-15-10-6-5-9(14)7-11(10)18-12/h5-7,17H,3-4,8,14H2,1-2H3,(H,15,16). The van der Waals surface area contributed by atoms with Crippen LogP contribution in [0.15, 0.2) is 22.6 Å². The van der Waals surface area contributed by atoms with Crippen LogP contribution in [0.25, 0.3) is 11.1 Å². The minimum Gasteiger partial charge on any atom is -0.423 e. The van der Waals surface area contributed by atoms with E-state index < -0.39 is 0 Å². The highest BCUT2D eigenvalue weighted by molar-refractivity contribution is 5.78. The summed E-state index contributed by atoms with van der Waals surface area (Å²) in [7, 11) is 0. The zero-order valence-corrected chi connectivity index (χ0v) is 10.7. The Morgan fingerprint density at radius 1 is 1.39 bits per heavy atom. The van der Waals surface area contributed by atoms with Crippen molar-refractivity contribution < 1.29 is 9.52 Å². The summed E-state index contributed by atoms with van der Waals surface area (Å²) in [6.45, 7) is 4.08. The summed E-state index contributed by atoms with van der Waals surface area (Å²) < 4.78 is 5.60. The molecule has 0 saturated carbocycles. The van der Waals surface area contributed by atoms with Crippen LogP contribution in [0.4, 0.5) is 11.7 Å². The number of nitrogens with one attached hydrogen (secondary N) is 1. The summed E-state index contributed by atoms with van der Waals surface area (Å²) in [6.07, 6.45) is 1.59. The molecule has 0 spiro atoms. The lowest BCUT2D eigenvalue weighted by Gasteiger charge is -2.29. The monoisotopic (exact) mass is 249 g/mol. The maximum atomic E-state index is 9.50. The van der Waals surface area contributed by atoms with Crippen molar-refractivity contribution in [3.05, 3.63) is 18.2 Å². The van der Waals surface area contributed by atoms with Crippen molar-refractivity contribution in [3.63, 3.8) is 0 Å². The second kappa shape index (κ2) is 4.86. The van der Waals surface area contributed by atoms with Crippen LogP contribution in [-0.4, -0.2) is 22.2 Å². The molecule has 4 N–H and O–H groups in total. The lowest BCUT2D eigenvalue weighted by atomic mass is 9.94. The summed E-state index contributed by atoms with van der Waals surface area (Å²) in [4.78, 5) is 4.34. The molecule has 0 radical (unpaired) electrons. The van der Waals surface area contributed by atoms with Gasteiger partial charge in [-0.3, -0.25) is 0 Å². The number of aliphatic hydroxyl groups excluding tert-OH is 1. The summed E-state index contributed by atoms with van der Waals surface area (Å²) in [6, 6.07) is 5.77. The lowest BCUT2D eigenvalue weighted by molar-refractivity contribution is 0.200. The number of nitrogen functional groups attached to an aromatic ring is 1. The van der Waals surface area contributed by atoms with E-state index in [1.165, 1.54) is 0 Å². The number of hydrogen-bond donors (Lipinski definition) is 3. The minimum absolute atomic E-state index is 0.0425. The Morgan fingerprint density at radius 2 is 2.11 bits per heavy atom. The summed E-state index contributed by atoms with van der Waals surface area (Å²) >= 11 is 0. The van der Waals surface area contributed by atoms with E-state index in [1.54, 1.807) is 12.1 Å². The number of oxazole rings is 1. The van der Waals surface area contributed by atoms with Crippen LogP contribution in [-0.2, 0) is 0 Å². The Hall–Kier alpha value is -1.75. The Morgan fingerprint density at radius 3 is 2.72 bits per heavy atom. The first kappa shape index (κ1) is 12.7. The molecule has 1 aromatic heterocycles. The largest absolute Gasteiger partial charge is 0.423 e. The molecule has 18 heavy (non-hydrogen) atoms. The van der Waals surface area contributed by atoms with Crippen molar-refractivity contribution in [2.75, 3.05) is 17.7 Å². The molecule has 1 heterocycles. The van der Waals surface area contributed by atoms with Gasteiger partial charge in [0.15, 0.2) is 5.58 Å². The van der Waals surface area contributed by atoms with Gasteiger partial charge in [0.25, 0.3) is 6.01 Å². The molecule has 0 amide bonds. The van der Waals surface area contributed by atoms with Crippen LogP contribution in [0.2, 0.25) is 0 Å². The van der Waals surface area contributed by atoms with Crippen LogP contribution in [0.5, 0.6) is 0 Å². The van der Waals surface area contributed by atoms with Crippen LogP contribution >= 0.6 is 0 Å². The van der Waals surface area contributed by atoms with Crippen molar-refractivity contribution in [1.29, 1.82) is 0 Å². The smallest absolute Gasteiger partial charge is 0.296 e. The molecular weight excluding hydrogens is 230 g/mol. The second-order valence-electron chi connectivity index (χ2n) is 4.52. The quantitative estimate of drug-likeness (QED) is 0.708. The number of benzene rings is 1. The lowest BCUT2D eigenvalue weighted by Crippen LogP contribution is -2.40. The normalized spacial score (nSPS) is 11.9. The molecular formula is C13H19N3O2. The van der Waals surface area contributed by atoms with E-state index in [0.717, 1.165) is 18.4 Å². The Bertz CT molecular complexity index is 524. The molecule has 0 fully saturated rings. The predicted molar refractivity (Wildman–Crippen MR) is 72.4 cm³/mol. The maximum Gasteiger partial charge on any atom is 0.296 e. The van der Waals surface area contributed by atoms with E-state index in [4.69, 9.17) is 10.2 Å². The van der Waals surface area contributed by atoms with Gasteiger partial charge in [0.05, 0.1) is 12.1 Å². The molecule has 2 rings (SSSR count). The van der Waals surface area contributed by atoms with E-state index in [9.17, 15) is 5.11 Å². The van der Waals surface area contributed by atoms with Crippen molar-refractivity contribution in [1.82, 2.24) is 4.98 Å². The zero-order chi connectivity index (χ0) is 13.2. The van der Waals surface area contributed by atoms with E-state index in [0.29, 0.717) is 17.3 Å². The minimum atomic E-state index is -0.383. The molecule has 2 aromatic rings. The topological polar surface area (TPSA) is 84.3 Å². The molecule has 98 valence electrons. The van der Waals surface area contributed by atoms with Crippen molar-refractivity contribution in [3.8, 4) is 0 Å². The molecule has 0 bridgehead atoms. The highest BCUT2D eigenvalue weighted by Gasteiger charge is 2.26. The molecule has 0 aliphatic heterocycles. The van der Waals surface area contributed by atoms with E-state index in [1.807, 2.05) is 19.9 Å². The number of nitrogens with zero attached hydrogens (tertiary/aromatic N) is 1. The summed E-state index contributed by atoms with van der Waals surface area (Å²) in [5.74, 6) is 0. The van der Waals surface area contributed by atoms with Gasteiger partial charge in [0.1, 0.15) is 5.52 Å². The molecule has 0 aliphatic carbocycles. The molecule has 5 heteroatoms. The van der Waals surface area contributed by atoms with Gasteiger partial charge in [-0.15, -0.1) is 0 Å². The third kappa shape index (κ3) is 2.26. The summed E-state index contributed by atoms with van der Waals surface area (Å²) in [5, 5.41) is 12.7. The maximum absolute atomic E-state index is 9.50. The van der Waals surface area contributed by atoms with Gasteiger partial charge < -0.3 is 20.6 Å². The first-order valence-electron chi connectivity index (χ1n) is 6.17. The van der Waals surface area contributed by atoms with Crippen molar-refractivity contribution in [2.24, 2.45) is 0 Å². The van der Waals surface area contributed by atoms with Crippen LogP contribution in [0, 0.1) is 0 Å². The fraction of sp³-hybridized carbons (Fsp3) is 0.462. The number of aromatic nitrogens is 1. The first-order valence-corrected chi connectivity index (χ1v) is 6.17. The third-order valence-electron chi connectivity index (χ3n) is 3.44. The first-order chi connectivity index (χ1) is 8.62. The van der Waals surface area contributed by atoms with Gasteiger partial charge in [-0.2, -0.15) is 4.98 Å². The van der Waals surface area contributed by atoms with Crippen molar-refractivity contribution in [2.45, 2.75) is 32.2 Å². The molecule has 0 saturated heterocycles. The van der Waals surface area contributed by atoms with Gasteiger partial charge in [0, 0.05) is 11.8 Å². The Labute approximate surface area is 106 Å². The van der Waals surface area contributed by atoms with Crippen LogP contribution < -0.4 is 11.1 Å². The number of aliphatic hydroxyl groups is 1. The molecule has 0 atom stereocenters. The number of fused-ring (bicyclic) bond motifs is 1. The van der Waals surface area contributed by atoms with Crippen LogP contribution in [0.3, 0.4) is 0 Å². The van der Waals surface area contributed by atoms with Crippen LogP contribution in [0.1, 0.15) is 26.7 Å². The number of hydrogen-bond acceptors (Lipinski definition) is 5. The number of nitrogens with two attached hydrogens (primary N) is 1. The predicted octanol–water partition coefficient (Wildman–Crippen LogP) is 2.37. The average molecular weight is 249 g/mol. The van der Waals surface area contributed by atoms with Gasteiger partial charge in [-0.1, -0.05) is 13.8 Å². The third-order valence-corrected chi connectivity index (χ3v) is 3.44. The SMILES string of the molecule is CCC(CC)(CO)Nc1nc2ccc(N)cc2o1. The van der Waals surface area contributed by atoms with E-state index in [-0.39, 0.29) is 12.1 Å². The molecule has 0 aliphatic rings. The highest BCUT2D eigenvalue weighted by atomic mass is 16.4. The highest BCUT2D eigenvalue weighted by Crippen LogP contribution is 2.25. The molecule has 0 unspecified atom stereocenters. The fourth-order valence-corrected chi connectivity index (χ4v) is 1.91. The zero-order valence-electron chi connectivity index (χ0n) is 10.7. The van der Waals surface area contributed by atoms with Gasteiger partial charge >= 0.3 is 0 Å². The molecule has 5 nitrogen and oxygen atoms in total. The fourth-order valence-electron chi connectivity index (χ4n) is 1.91. The summed E-state index contributed by atoms with van der Waals surface area (Å²) in [5.41, 5.74) is 7.36. The number of rotatable bonds is 5. The van der Waals surface area contributed by atoms with Gasteiger partial charge in [-0.25, -0.2) is 0 Å². The van der Waals surface area contributed by atoms with Gasteiger partial charge in [0.2, 0.25) is 0 Å². The Balaban J connectivity index is 2.31. The Kier molecular flexibility index (Phi) is 3.43.